The van der Waals surface area contributed by atoms with Gasteiger partial charge in [-0.05, 0) is 42.3 Å². The standard InChI is InChI=1S/C20H19ClFN5O.ClH/c1-2-17-25-19(26-27(17)16-6-4-3-5-14(16)21)20(28)24-15-8-7-12-11-23-10-9-13(12)18(15)22;/h3-8,23H,2,9-11H2,1H3,(H,24,28);1H. The molecule has 0 fully saturated rings. The third-order valence-corrected chi connectivity index (χ3v) is 5.05. The van der Waals surface area contributed by atoms with E-state index in [0.717, 1.165) is 5.56 Å². The molecule has 1 aromatic heterocycles. The molecule has 1 amide bonds. The molecule has 2 heterocycles. The Bertz CT molecular complexity index is 1050. The number of amides is 1. The number of carbonyl (C=O) groups is 1. The van der Waals surface area contributed by atoms with Crippen LogP contribution in [0, 0.1) is 5.82 Å². The van der Waals surface area contributed by atoms with Crippen LogP contribution in [0.25, 0.3) is 5.69 Å². The van der Waals surface area contributed by atoms with Crippen molar-refractivity contribution in [2.45, 2.75) is 26.3 Å². The average Bonchev–Trinajstić information content (AvgIpc) is 3.15. The molecule has 2 aromatic carbocycles. The SMILES string of the molecule is CCc1nc(C(=O)Nc2ccc3c(c2F)CCNC3)nn1-c1ccccc1Cl.Cl. The number of nitrogens with one attached hydrogen (secondary N) is 2. The molecule has 0 aliphatic carbocycles. The lowest BCUT2D eigenvalue weighted by Crippen LogP contribution is -2.25. The molecule has 29 heavy (non-hydrogen) atoms. The fourth-order valence-electron chi connectivity index (χ4n) is 3.29. The van der Waals surface area contributed by atoms with Crippen LogP contribution >= 0.6 is 24.0 Å². The second-order valence-electron chi connectivity index (χ2n) is 6.51. The number of carbonyl (C=O) groups excluding carboxylic acids is 1. The molecule has 0 unspecified atom stereocenters. The van der Waals surface area contributed by atoms with E-state index < -0.39 is 11.7 Å². The second kappa shape index (κ2) is 8.90. The van der Waals surface area contributed by atoms with Gasteiger partial charge in [0.1, 0.15) is 11.6 Å². The molecule has 3 aromatic rings. The molecule has 1 aliphatic rings. The maximum Gasteiger partial charge on any atom is 0.295 e. The molecule has 152 valence electrons. The lowest BCUT2D eigenvalue weighted by atomic mass is 9.99. The van der Waals surface area contributed by atoms with Crippen LogP contribution in [-0.2, 0) is 19.4 Å². The lowest BCUT2D eigenvalue weighted by Gasteiger charge is -2.19. The van der Waals surface area contributed by atoms with Crippen molar-refractivity contribution in [2.24, 2.45) is 0 Å². The summed E-state index contributed by atoms with van der Waals surface area (Å²) in [4.78, 5) is 17.0. The number of aromatic nitrogens is 3. The quantitative estimate of drug-likeness (QED) is 0.650. The van der Waals surface area contributed by atoms with E-state index in [4.69, 9.17) is 11.6 Å². The molecule has 0 atom stereocenters. The number of hydrogen-bond donors (Lipinski definition) is 2. The maximum atomic E-state index is 14.8. The Balaban J connectivity index is 0.00000240. The normalized spacial score (nSPS) is 12.8. The number of fused-ring (bicyclic) bond motifs is 1. The highest BCUT2D eigenvalue weighted by atomic mass is 35.5. The Labute approximate surface area is 178 Å². The van der Waals surface area contributed by atoms with E-state index in [1.54, 1.807) is 22.9 Å². The summed E-state index contributed by atoms with van der Waals surface area (Å²) in [6, 6.07) is 10.6. The molecular weight excluding hydrogens is 416 g/mol. The van der Waals surface area contributed by atoms with Crippen LogP contribution in [0.2, 0.25) is 5.02 Å². The smallest absolute Gasteiger partial charge is 0.295 e. The second-order valence-corrected chi connectivity index (χ2v) is 6.92. The summed E-state index contributed by atoms with van der Waals surface area (Å²) in [5, 5.41) is 10.6. The van der Waals surface area contributed by atoms with Crippen LogP contribution in [0.5, 0.6) is 0 Å². The van der Waals surface area contributed by atoms with Crippen molar-refractivity contribution in [3.05, 3.63) is 70.0 Å². The lowest BCUT2D eigenvalue weighted by molar-refractivity contribution is 0.101. The summed E-state index contributed by atoms with van der Waals surface area (Å²) in [6.45, 7) is 3.26. The zero-order chi connectivity index (χ0) is 19.7. The Morgan fingerprint density at radius 1 is 1.31 bits per heavy atom. The van der Waals surface area contributed by atoms with Gasteiger partial charge < -0.3 is 10.6 Å². The summed E-state index contributed by atoms with van der Waals surface area (Å²) < 4.78 is 16.3. The van der Waals surface area contributed by atoms with Crippen molar-refractivity contribution in [3.8, 4) is 5.69 Å². The Kier molecular flexibility index (Phi) is 6.52. The number of nitrogens with zero attached hydrogens (tertiary/aromatic N) is 3. The average molecular weight is 436 g/mol. The highest BCUT2D eigenvalue weighted by Gasteiger charge is 2.21. The van der Waals surface area contributed by atoms with Crippen molar-refractivity contribution in [3.63, 3.8) is 0 Å². The molecule has 2 N–H and O–H groups in total. The van der Waals surface area contributed by atoms with Gasteiger partial charge in [-0.2, -0.15) is 0 Å². The van der Waals surface area contributed by atoms with Crippen molar-refractivity contribution < 1.29 is 9.18 Å². The first-order chi connectivity index (χ1) is 13.6. The first-order valence-corrected chi connectivity index (χ1v) is 9.49. The number of aryl methyl sites for hydroxylation is 1. The predicted octanol–water partition coefficient (Wildman–Crippen LogP) is 3.94. The van der Waals surface area contributed by atoms with Crippen LogP contribution in [0.15, 0.2) is 36.4 Å². The summed E-state index contributed by atoms with van der Waals surface area (Å²) >= 11 is 6.25. The summed E-state index contributed by atoms with van der Waals surface area (Å²) in [6.07, 6.45) is 1.15. The monoisotopic (exact) mass is 435 g/mol. The van der Waals surface area contributed by atoms with Crippen LogP contribution in [0.3, 0.4) is 0 Å². The fraction of sp³-hybridized carbons (Fsp3) is 0.250. The summed E-state index contributed by atoms with van der Waals surface area (Å²) in [5.74, 6) is -0.396. The van der Waals surface area contributed by atoms with E-state index in [2.05, 4.69) is 20.7 Å². The van der Waals surface area contributed by atoms with Gasteiger partial charge in [-0.25, -0.2) is 14.1 Å². The molecule has 9 heteroatoms. The zero-order valence-electron chi connectivity index (χ0n) is 15.7. The van der Waals surface area contributed by atoms with E-state index in [-0.39, 0.29) is 23.9 Å². The number of benzene rings is 2. The van der Waals surface area contributed by atoms with Crippen LogP contribution < -0.4 is 10.6 Å². The highest BCUT2D eigenvalue weighted by molar-refractivity contribution is 6.32. The van der Waals surface area contributed by atoms with Crippen LogP contribution in [-0.4, -0.2) is 27.2 Å². The Morgan fingerprint density at radius 2 is 2.10 bits per heavy atom. The molecular formula is C20H20Cl2FN5O. The maximum absolute atomic E-state index is 14.8. The molecule has 0 saturated heterocycles. The summed E-state index contributed by atoms with van der Waals surface area (Å²) in [7, 11) is 0. The third kappa shape index (κ3) is 4.12. The van der Waals surface area contributed by atoms with Crippen molar-refractivity contribution in [1.29, 1.82) is 0 Å². The van der Waals surface area contributed by atoms with Gasteiger partial charge in [0.05, 0.1) is 16.4 Å². The van der Waals surface area contributed by atoms with Gasteiger partial charge in [-0.3, -0.25) is 4.79 Å². The number of rotatable bonds is 4. The molecule has 0 radical (unpaired) electrons. The van der Waals surface area contributed by atoms with E-state index in [1.165, 1.54) is 0 Å². The third-order valence-electron chi connectivity index (χ3n) is 4.73. The van der Waals surface area contributed by atoms with Gasteiger partial charge in [0, 0.05) is 13.0 Å². The zero-order valence-corrected chi connectivity index (χ0v) is 17.3. The van der Waals surface area contributed by atoms with Gasteiger partial charge in [0.2, 0.25) is 5.82 Å². The topological polar surface area (TPSA) is 71.8 Å². The van der Waals surface area contributed by atoms with E-state index in [0.29, 0.717) is 48.0 Å². The van der Waals surface area contributed by atoms with E-state index in [9.17, 15) is 9.18 Å². The van der Waals surface area contributed by atoms with Crippen molar-refractivity contribution in [2.75, 3.05) is 11.9 Å². The van der Waals surface area contributed by atoms with Gasteiger partial charge in [0.15, 0.2) is 0 Å². The molecule has 1 aliphatic heterocycles. The minimum absolute atomic E-state index is 0. The minimum atomic E-state index is -0.562. The Hall–Kier alpha value is -2.48. The number of para-hydroxylation sites is 1. The van der Waals surface area contributed by atoms with E-state index >= 15 is 0 Å². The minimum Gasteiger partial charge on any atom is -0.317 e. The largest absolute Gasteiger partial charge is 0.317 e. The predicted molar refractivity (Wildman–Crippen MR) is 113 cm³/mol. The van der Waals surface area contributed by atoms with Gasteiger partial charge in [-0.1, -0.05) is 36.7 Å². The Morgan fingerprint density at radius 3 is 2.86 bits per heavy atom. The van der Waals surface area contributed by atoms with Gasteiger partial charge in [0.25, 0.3) is 5.91 Å². The molecule has 4 rings (SSSR count). The van der Waals surface area contributed by atoms with Crippen LogP contribution in [0.1, 0.15) is 34.5 Å². The number of hydrogen-bond acceptors (Lipinski definition) is 4. The van der Waals surface area contributed by atoms with Crippen molar-refractivity contribution >= 4 is 35.6 Å². The molecule has 6 nitrogen and oxygen atoms in total. The van der Waals surface area contributed by atoms with Gasteiger partial charge >= 0.3 is 0 Å². The first kappa shape index (κ1) is 21.2. The van der Waals surface area contributed by atoms with Gasteiger partial charge in [-0.15, -0.1) is 17.5 Å². The molecule has 0 spiro atoms. The van der Waals surface area contributed by atoms with E-state index in [1.807, 2.05) is 25.1 Å². The van der Waals surface area contributed by atoms with Crippen molar-refractivity contribution in [1.82, 2.24) is 20.1 Å². The molecule has 0 bridgehead atoms. The fourth-order valence-corrected chi connectivity index (χ4v) is 3.51. The highest BCUT2D eigenvalue weighted by Crippen LogP contribution is 2.25. The van der Waals surface area contributed by atoms with Crippen LogP contribution in [0.4, 0.5) is 10.1 Å². The first-order valence-electron chi connectivity index (χ1n) is 9.11. The number of anilines is 1. The summed E-state index contributed by atoms with van der Waals surface area (Å²) in [5.41, 5.74) is 2.33. The number of halogens is 3. The molecule has 0 saturated carbocycles.